The Kier molecular flexibility index (Phi) is 16.9. The molecule has 0 unspecified atom stereocenters. The van der Waals surface area contributed by atoms with Crippen LogP contribution in [0.15, 0.2) is 24.3 Å². The number of aliphatic hydroxyl groups excluding tert-OH is 2. The molecule has 0 heterocycles. The minimum atomic E-state index is -0.867. The molecule has 0 atom stereocenters. The van der Waals surface area contributed by atoms with Gasteiger partial charge >= 0.3 is 0 Å². The number of unbranched alkanes of at least 4 members (excludes halogenated alkanes) is 10. The number of hydrogen-bond donors (Lipinski definition) is 3. The third-order valence-electron chi connectivity index (χ3n) is 5.63. The Morgan fingerprint density at radius 1 is 0.679 bits per heavy atom. The molecule has 4 N–H and O–H groups in total. The first kappa shape index (κ1) is 27.4. The van der Waals surface area contributed by atoms with E-state index < -0.39 is 5.54 Å². The van der Waals surface area contributed by atoms with E-state index in [-0.39, 0.29) is 25.6 Å². The number of hydrogen-bond acceptors (Lipinski definition) is 3. The van der Waals surface area contributed by atoms with E-state index >= 15 is 0 Å². The highest BCUT2D eigenvalue weighted by Crippen LogP contribution is 2.15. The van der Waals surface area contributed by atoms with Gasteiger partial charge in [0.15, 0.2) is 0 Å². The lowest BCUT2D eigenvalue weighted by molar-refractivity contribution is 0.115. The molecule has 0 saturated carbocycles. The lowest BCUT2D eigenvalue weighted by Crippen LogP contribution is -2.47. The molecule has 0 saturated heterocycles. The summed E-state index contributed by atoms with van der Waals surface area (Å²) in [7, 11) is 0. The number of halogens is 1. The largest absolute Gasteiger partial charge is 0.394 e. The first-order chi connectivity index (χ1) is 13.1. The van der Waals surface area contributed by atoms with Crippen LogP contribution in [0.5, 0.6) is 0 Å². The summed E-state index contributed by atoms with van der Waals surface area (Å²) in [6.07, 6.45) is 17.8. The second-order valence-electron chi connectivity index (χ2n) is 8.28. The lowest BCUT2D eigenvalue weighted by Gasteiger charge is -2.24. The first-order valence-electron chi connectivity index (χ1n) is 11.2. The molecule has 1 rings (SSSR count). The maximum absolute atomic E-state index is 9.25. The number of benzene rings is 1. The molecule has 0 amide bonds. The van der Waals surface area contributed by atoms with Gasteiger partial charge in [0.2, 0.25) is 0 Å². The predicted molar refractivity (Wildman–Crippen MR) is 123 cm³/mol. The number of aliphatic hydroxyl groups is 2. The fourth-order valence-corrected chi connectivity index (χ4v) is 3.47. The molecule has 4 heteroatoms. The van der Waals surface area contributed by atoms with E-state index in [4.69, 9.17) is 5.73 Å². The second kappa shape index (κ2) is 17.3. The standard InChI is InChI=1S/C24H43NO2.ClH/c1-2-3-4-5-6-7-8-9-10-11-12-13-22-14-16-23(17-15-22)18-19-24(25,20-26)21-27;/h14-17,26-27H,2-13,18-21,25H2,1H3;1H. The van der Waals surface area contributed by atoms with E-state index in [2.05, 4.69) is 31.2 Å². The van der Waals surface area contributed by atoms with Crippen molar-refractivity contribution >= 4 is 12.4 Å². The van der Waals surface area contributed by atoms with E-state index in [1.54, 1.807) is 0 Å². The molecule has 0 aliphatic carbocycles. The van der Waals surface area contributed by atoms with Gasteiger partial charge in [0, 0.05) is 0 Å². The fourth-order valence-electron chi connectivity index (χ4n) is 3.47. The highest BCUT2D eigenvalue weighted by molar-refractivity contribution is 5.85. The molecule has 0 fully saturated rings. The van der Waals surface area contributed by atoms with Gasteiger partial charge in [-0.25, -0.2) is 0 Å². The van der Waals surface area contributed by atoms with Crippen LogP contribution in [-0.4, -0.2) is 29.0 Å². The highest BCUT2D eigenvalue weighted by atomic mass is 35.5. The summed E-state index contributed by atoms with van der Waals surface area (Å²) in [4.78, 5) is 0. The van der Waals surface area contributed by atoms with Gasteiger partial charge in [-0.2, -0.15) is 0 Å². The summed E-state index contributed by atoms with van der Waals surface area (Å²) in [6.45, 7) is 1.91. The van der Waals surface area contributed by atoms with Crippen LogP contribution in [0.25, 0.3) is 0 Å². The van der Waals surface area contributed by atoms with Crippen LogP contribution in [-0.2, 0) is 12.8 Å². The third-order valence-corrected chi connectivity index (χ3v) is 5.63. The summed E-state index contributed by atoms with van der Waals surface area (Å²) < 4.78 is 0. The smallest absolute Gasteiger partial charge is 0.0633 e. The second-order valence-corrected chi connectivity index (χ2v) is 8.28. The summed E-state index contributed by atoms with van der Waals surface area (Å²) in [6, 6.07) is 8.73. The maximum atomic E-state index is 9.25. The zero-order valence-corrected chi connectivity index (χ0v) is 18.8. The summed E-state index contributed by atoms with van der Waals surface area (Å²) >= 11 is 0. The van der Waals surface area contributed by atoms with Crippen molar-refractivity contribution in [2.24, 2.45) is 5.73 Å². The summed E-state index contributed by atoms with van der Waals surface area (Å²) in [5, 5.41) is 18.5. The Labute approximate surface area is 179 Å². The van der Waals surface area contributed by atoms with Crippen LogP contribution in [0.1, 0.15) is 95.1 Å². The average molecular weight is 414 g/mol. The van der Waals surface area contributed by atoms with Crippen molar-refractivity contribution in [3.8, 4) is 0 Å². The number of aryl methyl sites for hydroxylation is 2. The zero-order chi connectivity index (χ0) is 19.8. The van der Waals surface area contributed by atoms with Gasteiger partial charge in [0.1, 0.15) is 0 Å². The van der Waals surface area contributed by atoms with E-state index in [9.17, 15) is 10.2 Å². The molecule has 164 valence electrons. The molecule has 0 radical (unpaired) electrons. The molecular formula is C24H44ClNO2. The third kappa shape index (κ3) is 12.8. The summed E-state index contributed by atoms with van der Waals surface area (Å²) in [5.74, 6) is 0. The van der Waals surface area contributed by atoms with Crippen LogP contribution >= 0.6 is 12.4 Å². The van der Waals surface area contributed by atoms with Gasteiger partial charge in [-0.15, -0.1) is 12.4 Å². The van der Waals surface area contributed by atoms with Gasteiger partial charge in [0.05, 0.1) is 18.8 Å². The Hall–Kier alpha value is -0.610. The molecule has 0 aliphatic heterocycles. The van der Waals surface area contributed by atoms with Gasteiger partial charge < -0.3 is 15.9 Å². The molecule has 0 aliphatic rings. The Bertz CT molecular complexity index is 460. The normalized spacial score (nSPS) is 11.4. The van der Waals surface area contributed by atoms with E-state index in [1.807, 2.05) is 0 Å². The van der Waals surface area contributed by atoms with Crippen LogP contribution in [0.4, 0.5) is 0 Å². The van der Waals surface area contributed by atoms with Crippen LogP contribution in [0.2, 0.25) is 0 Å². The molecule has 0 aromatic heterocycles. The first-order valence-corrected chi connectivity index (χ1v) is 11.2. The van der Waals surface area contributed by atoms with Crippen molar-refractivity contribution in [3.05, 3.63) is 35.4 Å². The molecular weight excluding hydrogens is 370 g/mol. The van der Waals surface area contributed by atoms with Crippen molar-refractivity contribution in [3.63, 3.8) is 0 Å². The zero-order valence-electron chi connectivity index (χ0n) is 18.0. The van der Waals surface area contributed by atoms with Crippen molar-refractivity contribution in [1.82, 2.24) is 0 Å². The van der Waals surface area contributed by atoms with Crippen molar-refractivity contribution in [2.75, 3.05) is 13.2 Å². The average Bonchev–Trinajstić information content (AvgIpc) is 2.71. The summed E-state index contributed by atoms with van der Waals surface area (Å²) in [5.41, 5.74) is 7.68. The molecule has 1 aromatic rings. The number of rotatable bonds is 17. The molecule has 28 heavy (non-hydrogen) atoms. The van der Waals surface area contributed by atoms with Crippen LogP contribution in [0.3, 0.4) is 0 Å². The van der Waals surface area contributed by atoms with E-state index in [0.29, 0.717) is 6.42 Å². The topological polar surface area (TPSA) is 66.5 Å². The highest BCUT2D eigenvalue weighted by Gasteiger charge is 2.22. The minimum absolute atomic E-state index is 0. The SMILES string of the molecule is CCCCCCCCCCCCCc1ccc(CCC(N)(CO)CO)cc1.Cl. The van der Waals surface area contributed by atoms with Gasteiger partial charge in [-0.1, -0.05) is 95.4 Å². The Morgan fingerprint density at radius 3 is 1.50 bits per heavy atom. The number of nitrogens with two attached hydrogens (primary N) is 1. The monoisotopic (exact) mass is 413 g/mol. The molecule has 0 spiro atoms. The van der Waals surface area contributed by atoms with Gasteiger partial charge in [-0.3, -0.25) is 0 Å². The maximum Gasteiger partial charge on any atom is 0.0633 e. The van der Waals surface area contributed by atoms with Crippen LogP contribution in [0, 0.1) is 0 Å². The van der Waals surface area contributed by atoms with E-state index in [0.717, 1.165) is 12.8 Å². The van der Waals surface area contributed by atoms with Gasteiger partial charge in [-0.05, 0) is 36.8 Å². The lowest BCUT2D eigenvalue weighted by atomic mass is 9.93. The van der Waals surface area contributed by atoms with Crippen LogP contribution < -0.4 is 5.73 Å². The fraction of sp³-hybridized carbons (Fsp3) is 0.750. The van der Waals surface area contributed by atoms with Crippen molar-refractivity contribution in [1.29, 1.82) is 0 Å². The van der Waals surface area contributed by atoms with Gasteiger partial charge in [0.25, 0.3) is 0 Å². The van der Waals surface area contributed by atoms with Crippen molar-refractivity contribution < 1.29 is 10.2 Å². The van der Waals surface area contributed by atoms with Crippen molar-refractivity contribution in [2.45, 2.75) is 102 Å². The molecule has 0 bridgehead atoms. The Balaban J connectivity index is 0.00000729. The molecule has 1 aromatic carbocycles. The quantitative estimate of drug-likeness (QED) is 0.292. The Morgan fingerprint density at radius 2 is 1.07 bits per heavy atom. The van der Waals surface area contributed by atoms with E-state index in [1.165, 1.54) is 81.8 Å². The molecule has 3 nitrogen and oxygen atoms in total. The predicted octanol–water partition coefficient (Wildman–Crippen LogP) is 5.58. The minimum Gasteiger partial charge on any atom is -0.394 e.